The molecule has 168 valence electrons. The Labute approximate surface area is 208 Å². The Balaban J connectivity index is 1.41. The zero-order valence-electron chi connectivity index (χ0n) is 19.2. The number of rotatable bonds is 4. The predicted octanol–water partition coefficient (Wildman–Crippen LogP) is 8.47. The molecule has 1 aromatic heterocycles. The summed E-state index contributed by atoms with van der Waals surface area (Å²) in [5, 5.41) is 20.6. The van der Waals surface area contributed by atoms with Crippen molar-refractivity contribution in [3.63, 3.8) is 0 Å². The minimum atomic E-state index is 0.607. The van der Waals surface area contributed by atoms with Gasteiger partial charge >= 0.3 is 0 Å². The number of nitriles is 2. The average molecular weight is 462 g/mol. The van der Waals surface area contributed by atoms with E-state index in [1.54, 1.807) is 0 Å². The summed E-state index contributed by atoms with van der Waals surface area (Å²) in [5.74, 6) is 0. The molecule has 4 nitrogen and oxygen atoms in total. The maximum Gasteiger partial charge on any atom is 0.135 e. The van der Waals surface area contributed by atoms with Gasteiger partial charge in [-0.15, -0.1) is 0 Å². The largest absolute Gasteiger partial charge is 0.456 e. The first-order valence-electron chi connectivity index (χ1n) is 11.6. The molecule has 6 rings (SSSR count). The molecule has 1 heterocycles. The fourth-order valence-electron chi connectivity index (χ4n) is 4.53. The van der Waals surface area contributed by atoms with Gasteiger partial charge in [-0.05, 0) is 90.0 Å². The molecule has 0 fully saturated rings. The molecule has 0 radical (unpaired) electrons. The number of anilines is 3. The monoisotopic (exact) mass is 461 g/mol. The van der Waals surface area contributed by atoms with E-state index in [0.29, 0.717) is 11.1 Å². The number of benzene rings is 5. The number of furan rings is 1. The second kappa shape index (κ2) is 8.80. The molecule has 0 aliphatic heterocycles. The average Bonchev–Trinajstić information content (AvgIpc) is 3.32. The van der Waals surface area contributed by atoms with Crippen molar-refractivity contribution in [2.45, 2.75) is 0 Å². The maximum absolute atomic E-state index is 9.21. The lowest BCUT2D eigenvalue weighted by atomic mass is 10.0. The standard InChI is InChI=1S/C32H19N3O/c33-20-22-5-12-26(13-6-22)35(27-14-7-23(21-34)8-15-27)28-16-9-24(10-17-28)25-11-18-32-30(19-25)29-3-1-2-4-31(29)36-32/h1-19H. The Hall–Kier alpha value is -5.32. The Kier molecular flexibility index (Phi) is 5.19. The van der Waals surface area contributed by atoms with Gasteiger partial charge in [-0.2, -0.15) is 10.5 Å². The van der Waals surface area contributed by atoms with E-state index in [1.165, 1.54) is 0 Å². The lowest BCUT2D eigenvalue weighted by Gasteiger charge is -2.25. The van der Waals surface area contributed by atoms with Crippen LogP contribution in [0.3, 0.4) is 0 Å². The van der Waals surface area contributed by atoms with Gasteiger partial charge in [0.15, 0.2) is 0 Å². The molecule has 0 bridgehead atoms. The first-order chi connectivity index (χ1) is 17.7. The van der Waals surface area contributed by atoms with Crippen molar-refractivity contribution in [2.75, 3.05) is 4.90 Å². The van der Waals surface area contributed by atoms with Crippen LogP contribution in [0.5, 0.6) is 0 Å². The number of para-hydroxylation sites is 1. The van der Waals surface area contributed by atoms with Gasteiger partial charge in [0.2, 0.25) is 0 Å². The van der Waals surface area contributed by atoms with Crippen LogP contribution in [0.15, 0.2) is 120 Å². The van der Waals surface area contributed by atoms with Gasteiger partial charge in [-0.3, -0.25) is 0 Å². The van der Waals surface area contributed by atoms with Crippen molar-refractivity contribution < 1.29 is 4.42 Å². The maximum atomic E-state index is 9.21. The molecule has 0 atom stereocenters. The highest BCUT2D eigenvalue weighted by molar-refractivity contribution is 6.06. The molecule has 0 aliphatic rings. The highest BCUT2D eigenvalue weighted by Gasteiger charge is 2.14. The lowest BCUT2D eigenvalue weighted by molar-refractivity contribution is 0.669. The summed E-state index contributed by atoms with van der Waals surface area (Å²) in [6.45, 7) is 0. The van der Waals surface area contributed by atoms with Crippen LogP contribution in [-0.4, -0.2) is 0 Å². The van der Waals surface area contributed by atoms with Gasteiger partial charge in [0.1, 0.15) is 11.2 Å². The summed E-state index contributed by atoms with van der Waals surface area (Å²) < 4.78 is 5.98. The number of fused-ring (bicyclic) bond motifs is 3. The van der Waals surface area contributed by atoms with Gasteiger partial charge in [-0.1, -0.05) is 36.4 Å². The van der Waals surface area contributed by atoms with E-state index in [2.05, 4.69) is 59.5 Å². The van der Waals surface area contributed by atoms with Crippen LogP contribution in [-0.2, 0) is 0 Å². The van der Waals surface area contributed by atoms with Crippen LogP contribution in [0, 0.1) is 22.7 Å². The Morgan fingerprint density at radius 3 is 1.58 bits per heavy atom. The molecular weight excluding hydrogens is 442 g/mol. The zero-order chi connectivity index (χ0) is 24.5. The first kappa shape index (κ1) is 21.2. The van der Waals surface area contributed by atoms with Gasteiger partial charge in [0, 0.05) is 27.8 Å². The second-order valence-corrected chi connectivity index (χ2v) is 8.51. The number of nitrogens with zero attached hydrogens (tertiary/aromatic N) is 3. The predicted molar refractivity (Wildman–Crippen MR) is 143 cm³/mol. The Morgan fingerprint density at radius 1 is 0.500 bits per heavy atom. The van der Waals surface area contributed by atoms with Crippen molar-refractivity contribution in [1.29, 1.82) is 10.5 Å². The molecule has 0 saturated heterocycles. The van der Waals surface area contributed by atoms with E-state index >= 15 is 0 Å². The molecule has 0 N–H and O–H groups in total. The van der Waals surface area contributed by atoms with Crippen molar-refractivity contribution in [2.24, 2.45) is 0 Å². The third-order valence-corrected chi connectivity index (χ3v) is 6.34. The molecule has 36 heavy (non-hydrogen) atoms. The van der Waals surface area contributed by atoms with E-state index in [1.807, 2.05) is 72.8 Å². The zero-order valence-corrected chi connectivity index (χ0v) is 19.2. The minimum absolute atomic E-state index is 0.607. The van der Waals surface area contributed by atoms with E-state index in [4.69, 9.17) is 4.42 Å². The fourth-order valence-corrected chi connectivity index (χ4v) is 4.53. The first-order valence-corrected chi connectivity index (χ1v) is 11.6. The normalized spacial score (nSPS) is 10.7. The Morgan fingerprint density at radius 2 is 1.00 bits per heavy atom. The molecule has 6 aromatic rings. The summed E-state index contributed by atoms with van der Waals surface area (Å²) in [7, 11) is 0. The van der Waals surface area contributed by atoms with E-state index in [9.17, 15) is 10.5 Å². The van der Waals surface area contributed by atoms with Crippen LogP contribution in [0.25, 0.3) is 33.1 Å². The molecule has 0 spiro atoms. The van der Waals surface area contributed by atoms with Crippen molar-refractivity contribution in [3.8, 4) is 23.3 Å². The van der Waals surface area contributed by atoms with E-state index in [0.717, 1.165) is 50.1 Å². The number of hydrogen-bond acceptors (Lipinski definition) is 4. The van der Waals surface area contributed by atoms with Crippen LogP contribution in [0.4, 0.5) is 17.1 Å². The minimum Gasteiger partial charge on any atom is -0.456 e. The van der Waals surface area contributed by atoms with Crippen molar-refractivity contribution in [1.82, 2.24) is 0 Å². The van der Waals surface area contributed by atoms with Gasteiger partial charge in [0.05, 0.1) is 23.3 Å². The van der Waals surface area contributed by atoms with E-state index in [-0.39, 0.29) is 0 Å². The lowest BCUT2D eigenvalue weighted by Crippen LogP contribution is -2.09. The van der Waals surface area contributed by atoms with Crippen LogP contribution < -0.4 is 4.90 Å². The summed E-state index contributed by atoms with van der Waals surface area (Å²) >= 11 is 0. The van der Waals surface area contributed by atoms with Gasteiger partial charge in [0.25, 0.3) is 0 Å². The summed E-state index contributed by atoms with van der Waals surface area (Å²) in [6.07, 6.45) is 0. The third-order valence-electron chi connectivity index (χ3n) is 6.34. The molecule has 0 saturated carbocycles. The molecule has 0 amide bonds. The molecule has 4 heteroatoms. The molecule has 5 aromatic carbocycles. The van der Waals surface area contributed by atoms with Crippen molar-refractivity contribution in [3.05, 3.63) is 126 Å². The topological polar surface area (TPSA) is 64.0 Å². The van der Waals surface area contributed by atoms with Crippen molar-refractivity contribution >= 4 is 39.0 Å². The van der Waals surface area contributed by atoms with Gasteiger partial charge in [-0.25, -0.2) is 0 Å². The van der Waals surface area contributed by atoms with Crippen LogP contribution in [0.1, 0.15) is 11.1 Å². The third kappa shape index (κ3) is 3.74. The molecule has 0 unspecified atom stereocenters. The second-order valence-electron chi connectivity index (χ2n) is 8.51. The summed E-state index contributed by atoms with van der Waals surface area (Å²) in [5.41, 5.74) is 8.03. The summed E-state index contributed by atoms with van der Waals surface area (Å²) in [6, 6.07) is 42.1. The molecule has 0 aliphatic carbocycles. The number of hydrogen-bond donors (Lipinski definition) is 0. The fraction of sp³-hybridized carbons (Fsp3) is 0. The molecular formula is C32H19N3O. The summed E-state index contributed by atoms with van der Waals surface area (Å²) in [4.78, 5) is 2.11. The highest BCUT2D eigenvalue weighted by atomic mass is 16.3. The van der Waals surface area contributed by atoms with Crippen LogP contribution >= 0.6 is 0 Å². The Bertz CT molecular complexity index is 1730. The van der Waals surface area contributed by atoms with Crippen LogP contribution in [0.2, 0.25) is 0 Å². The van der Waals surface area contributed by atoms with Gasteiger partial charge < -0.3 is 9.32 Å². The SMILES string of the molecule is N#Cc1ccc(N(c2ccc(C#N)cc2)c2ccc(-c3ccc4oc5ccccc5c4c3)cc2)cc1. The smallest absolute Gasteiger partial charge is 0.135 e. The highest BCUT2D eigenvalue weighted by Crippen LogP contribution is 2.37. The quantitative estimate of drug-likeness (QED) is 0.264. The van der Waals surface area contributed by atoms with E-state index < -0.39 is 0 Å².